The molecule has 2 aliphatic rings. The monoisotopic (exact) mass is 249 g/mol. The van der Waals surface area contributed by atoms with Gasteiger partial charge in [0.1, 0.15) is 5.60 Å². The van der Waals surface area contributed by atoms with Crippen molar-refractivity contribution in [2.75, 3.05) is 27.7 Å². The lowest BCUT2D eigenvalue weighted by Crippen LogP contribution is -2.42. The van der Waals surface area contributed by atoms with E-state index in [0.29, 0.717) is 12.2 Å². The Balaban J connectivity index is 2.24. The molecule has 3 nitrogen and oxygen atoms in total. The second kappa shape index (κ2) is 5.37. The SMILES string of the molecule is COC1(CN(C)C)C=CC2=C(CCCCC2=O)C1. The molecule has 1 unspecified atom stereocenters. The van der Waals surface area contributed by atoms with Crippen LogP contribution in [0.1, 0.15) is 32.1 Å². The van der Waals surface area contributed by atoms with Gasteiger partial charge in [-0.3, -0.25) is 4.79 Å². The van der Waals surface area contributed by atoms with E-state index in [0.717, 1.165) is 37.8 Å². The lowest BCUT2D eigenvalue weighted by molar-refractivity contribution is -0.115. The zero-order chi connectivity index (χ0) is 13.2. The van der Waals surface area contributed by atoms with Crippen LogP contribution >= 0.6 is 0 Å². The first-order chi connectivity index (χ1) is 8.56. The quantitative estimate of drug-likeness (QED) is 0.769. The van der Waals surface area contributed by atoms with Crippen LogP contribution in [0.4, 0.5) is 0 Å². The summed E-state index contributed by atoms with van der Waals surface area (Å²) in [6.07, 6.45) is 8.84. The zero-order valence-electron chi connectivity index (χ0n) is 11.7. The van der Waals surface area contributed by atoms with Crippen molar-refractivity contribution in [1.29, 1.82) is 0 Å². The van der Waals surface area contributed by atoms with Gasteiger partial charge in [-0.2, -0.15) is 0 Å². The summed E-state index contributed by atoms with van der Waals surface area (Å²) in [5.74, 6) is 0.313. The van der Waals surface area contributed by atoms with Gasteiger partial charge in [0.25, 0.3) is 0 Å². The minimum absolute atomic E-state index is 0.257. The van der Waals surface area contributed by atoms with Crippen LogP contribution in [0.25, 0.3) is 0 Å². The van der Waals surface area contributed by atoms with E-state index in [1.54, 1.807) is 7.11 Å². The number of methoxy groups -OCH3 is 1. The summed E-state index contributed by atoms with van der Waals surface area (Å²) in [6.45, 7) is 0.852. The van der Waals surface area contributed by atoms with E-state index in [4.69, 9.17) is 4.74 Å². The summed E-state index contributed by atoms with van der Waals surface area (Å²) in [7, 11) is 5.87. The van der Waals surface area contributed by atoms with Crippen molar-refractivity contribution in [1.82, 2.24) is 4.90 Å². The van der Waals surface area contributed by atoms with Crippen LogP contribution < -0.4 is 0 Å². The molecule has 0 N–H and O–H groups in total. The number of hydrogen-bond acceptors (Lipinski definition) is 3. The van der Waals surface area contributed by atoms with Crippen molar-refractivity contribution in [3.63, 3.8) is 0 Å². The second-order valence-electron chi connectivity index (χ2n) is 5.66. The highest BCUT2D eigenvalue weighted by atomic mass is 16.5. The Kier molecular flexibility index (Phi) is 4.03. The number of ketones is 1. The molecular formula is C15H23NO2. The molecule has 0 saturated heterocycles. The van der Waals surface area contributed by atoms with Crippen molar-refractivity contribution in [3.05, 3.63) is 23.3 Å². The first kappa shape index (κ1) is 13.5. The fraction of sp³-hybridized carbons (Fsp3) is 0.667. The summed E-state index contributed by atoms with van der Waals surface area (Å²) in [6, 6.07) is 0. The topological polar surface area (TPSA) is 29.5 Å². The Bertz CT molecular complexity index is 395. The van der Waals surface area contributed by atoms with Crippen LogP contribution in [0.3, 0.4) is 0 Å². The Labute approximate surface area is 109 Å². The van der Waals surface area contributed by atoms with Crippen LogP contribution in [0.5, 0.6) is 0 Å². The Morgan fingerprint density at radius 2 is 2.06 bits per heavy atom. The third-order valence-corrected chi connectivity index (χ3v) is 3.87. The molecule has 3 heteroatoms. The van der Waals surface area contributed by atoms with Crippen molar-refractivity contribution < 1.29 is 9.53 Å². The minimum atomic E-state index is -0.257. The first-order valence-electron chi connectivity index (χ1n) is 6.71. The van der Waals surface area contributed by atoms with E-state index in [-0.39, 0.29) is 5.60 Å². The highest BCUT2D eigenvalue weighted by Gasteiger charge is 2.34. The molecule has 2 aliphatic carbocycles. The van der Waals surface area contributed by atoms with Crippen molar-refractivity contribution >= 4 is 5.78 Å². The number of allylic oxidation sites excluding steroid dienone is 2. The summed E-state index contributed by atoms with van der Waals surface area (Å²) in [4.78, 5) is 14.1. The molecule has 0 bridgehead atoms. The molecule has 0 aromatic heterocycles. The molecule has 18 heavy (non-hydrogen) atoms. The molecule has 0 aromatic rings. The smallest absolute Gasteiger partial charge is 0.162 e. The number of Topliss-reactive ketones (excluding diaryl/α,β-unsaturated/α-hetero) is 1. The lowest BCUT2D eigenvalue weighted by Gasteiger charge is -2.35. The molecule has 2 rings (SSSR count). The van der Waals surface area contributed by atoms with Gasteiger partial charge < -0.3 is 9.64 Å². The molecular weight excluding hydrogens is 226 g/mol. The summed E-state index contributed by atoms with van der Waals surface area (Å²) in [5.41, 5.74) is 2.00. The van der Waals surface area contributed by atoms with Gasteiger partial charge in [-0.25, -0.2) is 0 Å². The van der Waals surface area contributed by atoms with E-state index in [1.807, 2.05) is 6.08 Å². The van der Waals surface area contributed by atoms with Gasteiger partial charge in [-0.15, -0.1) is 0 Å². The molecule has 0 radical (unpaired) electrons. The van der Waals surface area contributed by atoms with Crippen LogP contribution in [0.2, 0.25) is 0 Å². The molecule has 0 amide bonds. The van der Waals surface area contributed by atoms with Gasteiger partial charge in [0.05, 0.1) is 0 Å². The van der Waals surface area contributed by atoms with E-state index >= 15 is 0 Å². The predicted molar refractivity (Wildman–Crippen MR) is 72.6 cm³/mol. The van der Waals surface area contributed by atoms with Crippen molar-refractivity contribution in [3.8, 4) is 0 Å². The largest absolute Gasteiger partial charge is 0.372 e. The van der Waals surface area contributed by atoms with Crippen LogP contribution in [0, 0.1) is 0 Å². The Hall–Kier alpha value is -0.930. The highest BCUT2D eigenvalue weighted by Crippen LogP contribution is 2.35. The highest BCUT2D eigenvalue weighted by molar-refractivity contribution is 5.99. The van der Waals surface area contributed by atoms with Crippen LogP contribution in [-0.4, -0.2) is 44.0 Å². The Morgan fingerprint density at radius 3 is 2.72 bits per heavy atom. The van der Waals surface area contributed by atoms with E-state index < -0.39 is 0 Å². The molecule has 1 atom stereocenters. The fourth-order valence-electron chi connectivity index (χ4n) is 2.99. The van der Waals surface area contributed by atoms with Crippen molar-refractivity contribution in [2.45, 2.75) is 37.7 Å². The van der Waals surface area contributed by atoms with Gasteiger partial charge in [-0.05, 0) is 33.4 Å². The number of ether oxygens (including phenoxy) is 1. The third-order valence-electron chi connectivity index (χ3n) is 3.87. The predicted octanol–water partition coefficient (Wildman–Crippen LogP) is 2.33. The normalized spacial score (nSPS) is 28.6. The maximum absolute atomic E-state index is 12.0. The second-order valence-corrected chi connectivity index (χ2v) is 5.66. The lowest BCUT2D eigenvalue weighted by atomic mass is 9.83. The minimum Gasteiger partial charge on any atom is -0.372 e. The van der Waals surface area contributed by atoms with Gasteiger partial charge in [-0.1, -0.05) is 17.7 Å². The molecule has 0 aliphatic heterocycles. The van der Waals surface area contributed by atoms with Crippen LogP contribution in [0.15, 0.2) is 23.3 Å². The van der Waals surface area contributed by atoms with E-state index in [2.05, 4.69) is 25.1 Å². The number of nitrogens with zero attached hydrogens (tertiary/aromatic N) is 1. The number of rotatable bonds is 3. The molecule has 100 valence electrons. The molecule has 0 spiro atoms. The molecule has 0 heterocycles. The van der Waals surface area contributed by atoms with E-state index in [1.165, 1.54) is 5.57 Å². The molecule has 0 fully saturated rings. The fourth-order valence-corrected chi connectivity index (χ4v) is 2.99. The van der Waals surface area contributed by atoms with Crippen LogP contribution in [-0.2, 0) is 9.53 Å². The van der Waals surface area contributed by atoms with Gasteiger partial charge >= 0.3 is 0 Å². The number of hydrogen-bond donors (Lipinski definition) is 0. The summed E-state index contributed by atoms with van der Waals surface area (Å²) >= 11 is 0. The summed E-state index contributed by atoms with van der Waals surface area (Å²) in [5, 5.41) is 0. The summed E-state index contributed by atoms with van der Waals surface area (Å²) < 4.78 is 5.74. The van der Waals surface area contributed by atoms with Crippen molar-refractivity contribution in [2.24, 2.45) is 0 Å². The molecule has 0 aromatic carbocycles. The zero-order valence-corrected chi connectivity index (χ0v) is 11.7. The number of carbonyl (C=O) groups excluding carboxylic acids is 1. The van der Waals surface area contributed by atoms with Gasteiger partial charge in [0.2, 0.25) is 0 Å². The number of likely N-dealkylation sites (N-methyl/N-ethyl adjacent to an activating group) is 1. The van der Waals surface area contributed by atoms with Gasteiger partial charge in [0.15, 0.2) is 5.78 Å². The van der Waals surface area contributed by atoms with Gasteiger partial charge in [0, 0.05) is 32.1 Å². The molecule has 0 saturated carbocycles. The maximum Gasteiger partial charge on any atom is 0.162 e. The standard InChI is InChI=1S/C15H23NO2/c1-16(2)11-15(18-3)9-8-13-12(10-15)6-4-5-7-14(13)17/h8-9H,4-7,10-11H2,1-3H3. The first-order valence-corrected chi connectivity index (χ1v) is 6.71. The average molecular weight is 249 g/mol. The Morgan fingerprint density at radius 1 is 1.33 bits per heavy atom. The third kappa shape index (κ3) is 2.73. The van der Waals surface area contributed by atoms with E-state index in [9.17, 15) is 4.79 Å². The number of carbonyl (C=O) groups is 1. The average Bonchev–Trinajstić information content (AvgIpc) is 2.50. The maximum atomic E-state index is 12.0.